The maximum atomic E-state index is 11.4. The van der Waals surface area contributed by atoms with Gasteiger partial charge in [-0.1, -0.05) is 43.6 Å². The number of carboxylic acids is 1. The van der Waals surface area contributed by atoms with E-state index in [0.717, 1.165) is 21.0 Å². The second-order valence-electron chi connectivity index (χ2n) is 5.84. The number of benzene rings is 1. The molecule has 4 heteroatoms. The van der Waals surface area contributed by atoms with Gasteiger partial charge >= 0.3 is 5.97 Å². The van der Waals surface area contributed by atoms with E-state index in [-0.39, 0.29) is 11.7 Å². The molecule has 2 aromatic rings. The zero-order chi connectivity index (χ0) is 15.0. The molecule has 1 aromatic carbocycles. The van der Waals surface area contributed by atoms with Gasteiger partial charge in [0.15, 0.2) is 0 Å². The van der Waals surface area contributed by atoms with Crippen molar-refractivity contribution in [3.8, 4) is 0 Å². The van der Waals surface area contributed by atoms with Crippen molar-refractivity contribution in [1.29, 1.82) is 0 Å². The summed E-state index contributed by atoms with van der Waals surface area (Å²) in [4.78, 5) is 11.4. The Morgan fingerprint density at radius 3 is 2.45 bits per heavy atom. The van der Waals surface area contributed by atoms with Crippen LogP contribution < -0.4 is 0 Å². The first-order valence-corrected chi connectivity index (χ1v) is 7.58. The van der Waals surface area contributed by atoms with Crippen molar-refractivity contribution >= 4 is 32.9 Å². The Hall–Kier alpha value is -1.29. The van der Waals surface area contributed by atoms with Gasteiger partial charge in [0.05, 0.1) is 0 Å². The molecule has 2 rings (SSSR count). The van der Waals surface area contributed by atoms with Crippen molar-refractivity contribution in [2.45, 2.75) is 40.0 Å². The van der Waals surface area contributed by atoms with Gasteiger partial charge in [0, 0.05) is 15.4 Å². The first-order chi connectivity index (χ1) is 9.31. The van der Waals surface area contributed by atoms with Crippen LogP contribution in [0.3, 0.4) is 0 Å². The van der Waals surface area contributed by atoms with E-state index in [1.54, 1.807) is 0 Å². The van der Waals surface area contributed by atoms with Crippen LogP contribution >= 0.6 is 15.9 Å². The Bertz CT molecular complexity index is 653. The third-order valence-electron chi connectivity index (χ3n) is 3.31. The highest BCUT2D eigenvalue weighted by Gasteiger charge is 2.23. The van der Waals surface area contributed by atoms with Crippen molar-refractivity contribution in [3.05, 3.63) is 33.5 Å². The van der Waals surface area contributed by atoms with Crippen LogP contribution in [0.1, 0.15) is 55.3 Å². The molecule has 0 amide bonds. The van der Waals surface area contributed by atoms with E-state index in [0.29, 0.717) is 17.9 Å². The number of rotatable bonds is 4. The van der Waals surface area contributed by atoms with Gasteiger partial charge in [-0.15, -0.1) is 0 Å². The minimum atomic E-state index is -0.998. The molecule has 3 nitrogen and oxygen atoms in total. The molecule has 1 N–H and O–H groups in total. The molecule has 0 saturated carbocycles. The van der Waals surface area contributed by atoms with E-state index in [2.05, 4.69) is 43.6 Å². The lowest BCUT2D eigenvalue weighted by Crippen LogP contribution is -2.02. The second-order valence-corrected chi connectivity index (χ2v) is 6.75. The summed E-state index contributed by atoms with van der Waals surface area (Å²) in [7, 11) is 0. The Morgan fingerprint density at radius 1 is 1.30 bits per heavy atom. The lowest BCUT2D eigenvalue weighted by molar-refractivity contribution is 0.0663. The van der Waals surface area contributed by atoms with Crippen LogP contribution in [0, 0.1) is 5.92 Å². The van der Waals surface area contributed by atoms with Gasteiger partial charge in [0.2, 0.25) is 5.76 Å². The van der Waals surface area contributed by atoms with Gasteiger partial charge in [0.25, 0.3) is 0 Å². The lowest BCUT2D eigenvalue weighted by Gasteiger charge is -2.08. The van der Waals surface area contributed by atoms with Crippen LogP contribution in [0.5, 0.6) is 0 Å². The molecule has 108 valence electrons. The Labute approximate surface area is 127 Å². The highest BCUT2D eigenvalue weighted by molar-refractivity contribution is 9.10. The van der Waals surface area contributed by atoms with Crippen LogP contribution in [-0.2, 0) is 6.42 Å². The standard InChI is InChI=1S/C16H19BrO3/c1-8(2)5-12-13-7-10(17)6-11(9(3)4)14(13)20-15(12)16(18)19/h6-9H,5H2,1-4H3,(H,18,19). The van der Waals surface area contributed by atoms with Crippen LogP contribution in [-0.4, -0.2) is 11.1 Å². The number of aromatic carboxylic acids is 1. The van der Waals surface area contributed by atoms with Crippen molar-refractivity contribution in [1.82, 2.24) is 0 Å². The van der Waals surface area contributed by atoms with E-state index < -0.39 is 5.97 Å². The topological polar surface area (TPSA) is 50.4 Å². The molecule has 0 unspecified atom stereocenters. The van der Waals surface area contributed by atoms with E-state index in [1.807, 2.05) is 12.1 Å². The van der Waals surface area contributed by atoms with Crippen LogP contribution in [0.2, 0.25) is 0 Å². The summed E-state index contributed by atoms with van der Waals surface area (Å²) in [5, 5.41) is 10.3. The first kappa shape index (κ1) is 15.1. The quantitative estimate of drug-likeness (QED) is 0.831. The molecular weight excluding hydrogens is 320 g/mol. The predicted octanol–water partition coefficient (Wildman–Crippen LogP) is 5.22. The summed E-state index contributed by atoms with van der Waals surface area (Å²) >= 11 is 3.51. The molecule has 0 aliphatic rings. The number of hydrogen-bond acceptors (Lipinski definition) is 2. The van der Waals surface area contributed by atoms with Gasteiger partial charge in [-0.05, 0) is 36.0 Å². The SMILES string of the molecule is CC(C)Cc1c(C(=O)O)oc2c(C(C)C)cc(Br)cc12. The fraction of sp³-hybridized carbons (Fsp3) is 0.438. The minimum absolute atomic E-state index is 0.0775. The normalized spacial score (nSPS) is 11.8. The zero-order valence-electron chi connectivity index (χ0n) is 12.2. The Morgan fingerprint density at radius 2 is 1.95 bits per heavy atom. The monoisotopic (exact) mass is 338 g/mol. The predicted molar refractivity (Wildman–Crippen MR) is 83.5 cm³/mol. The molecule has 1 heterocycles. The molecular formula is C16H19BrO3. The molecule has 20 heavy (non-hydrogen) atoms. The number of carbonyl (C=O) groups is 1. The third kappa shape index (κ3) is 2.75. The average Bonchev–Trinajstić information content (AvgIpc) is 2.66. The third-order valence-corrected chi connectivity index (χ3v) is 3.77. The maximum absolute atomic E-state index is 11.4. The van der Waals surface area contributed by atoms with E-state index in [4.69, 9.17) is 4.42 Å². The largest absolute Gasteiger partial charge is 0.475 e. The van der Waals surface area contributed by atoms with E-state index >= 15 is 0 Å². The van der Waals surface area contributed by atoms with Gasteiger partial charge in [-0.3, -0.25) is 0 Å². The zero-order valence-corrected chi connectivity index (χ0v) is 13.7. The summed E-state index contributed by atoms with van der Waals surface area (Å²) in [5.41, 5.74) is 2.54. The molecule has 1 aromatic heterocycles. The summed E-state index contributed by atoms with van der Waals surface area (Å²) in [5.74, 6) is -0.276. The maximum Gasteiger partial charge on any atom is 0.372 e. The average molecular weight is 339 g/mol. The van der Waals surface area contributed by atoms with Gasteiger partial charge in [-0.25, -0.2) is 4.79 Å². The minimum Gasteiger partial charge on any atom is -0.475 e. The Kier molecular flexibility index (Phi) is 4.23. The molecule has 0 aliphatic heterocycles. The van der Waals surface area contributed by atoms with Crippen molar-refractivity contribution in [2.75, 3.05) is 0 Å². The molecule has 0 fully saturated rings. The highest BCUT2D eigenvalue weighted by Crippen LogP contribution is 2.36. The lowest BCUT2D eigenvalue weighted by atomic mass is 9.96. The molecule has 0 spiro atoms. The summed E-state index contributed by atoms with van der Waals surface area (Å²) < 4.78 is 6.64. The van der Waals surface area contributed by atoms with Crippen molar-refractivity contribution < 1.29 is 14.3 Å². The van der Waals surface area contributed by atoms with Crippen molar-refractivity contribution in [2.24, 2.45) is 5.92 Å². The molecule has 0 atom stereocenters. The summed E-state index contributed by atoms with van der Waals surface area (Å²) in [6.07, 6.45) is 0.697. The van der Waals surface area contributed by atoms with Gasteiger partial charge < -0.3 is 9.52 Å². The molecule has 0 radical (unpaired) electrons. The van der Waals surface area contributed by atoms with Crippen molar-refractivity contribution in [3.63, 3.8) is 0 Å². The highest BCUT2D eigenvalue weighted by atomic mass is 79.9. The number of furan rings is 1. The van der Waals surface area contributed by atoms with E-state index in [1.165, 1.54) is 0 Å². The number of hydrogen-bond donors (Lipinski definition) is 1. The number of fused-ring (bicyclic) bond motifs is 1. The number of halogens is 1. The Balaban J connectivity index is 2.80. The second kappa shape index (κ2) is 5.60. The fourth-order valence-electron chi connectivity index (χ4n) is 2.45. The van der Waals surface area contributed by atoms with Crippen LogP contribution in [0.4, 0.5) is 0 Å². The van der Waals surface area contributed by atoms with Crippen LogP contribution in [0.15, 0.2) is 21.0 Å². The summed E-state index contributed by atoms with van der Waals surface area (Å²) in [6, 6.07) is 3.95. The van der Waals surface area contributed by atoms with Crippen LogP contribution in [0.25, 0.3) is 11.0 Å². The van der Waals surface area contributed by atoms with Gasteiger partial charge in [-0.2, -0.15) is 0 Å². The number of carboxylic acid groups (broad SMARTS) is 1. The molecule has 0 saturated heterocycles. The molecule has 0 bridgehead atoms. The fourth-order valence-corrected chi connectivity index (χ4v) is 2.93. The smallest absolute Gasteiger partial charge is 0.372 e. The molecule has 0 aliphatic carbocycles. The van der Waals surface area contributed by atoms with E-state index in [9.17, 15) is 9.90 Å². The van der Waals surface area contributed by atoms with Gasteiger partial charge in [0.1, 0.15) is 5.58 Å². The summed E-state index contributed by atoms with van der Waals surface area (Å²) in [6.45, 7) is 8.30. The first-order valence-electron chi connectivity index (χ1n) is 6.79.